The summed E-state index contributed by atoms with van der Waals surface area (Å²) in [4.78, 5) is 30.0. The second-order valence-corrected chi connectivity index (χ2v) is 9.21. The Balaban J connectivity index is 2.13. The Morgan fingerprint density at radius 1 is 1.25 bits per heavy atom. The number of benzene rings is 2. The Morgan fingerprint density at radius 3 is 2.64 bits per heavy atom. The largest absolute Gasteiger partial charge is 0.493 e. The van der Waals surface area contributed by atoms with E-state index < -0.39 is 12.1 Å². The minimum Gasteiger partial charge on any atom is -0.493 e. The zero-order valence-electron chi connectivity index (χ0n) is 21.1. The highest BCUT2D eigenvalue weighted by atomic mass is 79.9. The van der Waals surface area contributed by atoms with Crippen molar-refractivity contribution in [3.8, 4) is 11.5 Å². The predicted molar refractivity (Wildman–Crippen MR) is 144 cm³/mol. The van der Waals surface area contributed by atoms with Crippen molar-refractivity contribution in [1.29, 1.82) is 0 Å². The van der Waals surface area contributed by atoms with Gasteiger partial charge in [0.05, 0.1) is 31.3 Å². The number of aromatic nitrogens is 2. The van der Waals surface area contributed by atoms with Crippen LogP contribution in [0.15, 0.2) is 57.4 Å². The lowest BCUT2D eigenvalue weighted by molar-refractivity contribution is -0.147. The Bertz CT molecular complexity index is 1370. The van der Waals surface area contributed by atoms with Crippen LogP contribution in [0.4, 0.5) is 0 Å². The van der Waals surface area contributed by atoms with Crippen LogP contribution in [0.25, 0.3) is 10.9 Å². The molecule has 0 aliphatic carbocycles. The molecular formula is C27H30BrN3O5. The molecule has 0 saturated carbocycles. The highest BCUT2D eigenvalue weighted by Gasteiger charge is 2.21. The van der Waals surface area contributed by atoms with Crippen LogP contribution in [0.2, 0.25) is 0 Å². The number of hydrogen-bond donors (Lipinski definition) is 0. The Morgan fingerprint density at radius 2 is 2.00 bits per heavy atom. The van der Waals surface area contributed by atoms with Crippen LogP contribution in [-0.4, -0.2) is 42.2 Å². The SMILES string of the molecule is C=CCc1cc(C=Nn2c([C@H](C)CC)nc3ccc(Br)cc3c2=O)cc(OC)c1O[C@@H](C)C(=O)OC. The molecule has 0 N–H and O–H groups in total. The molecule has 8 nitrogen and oxygen atoms in total. The van der Waals surface area contributed by atoms with E-state index in [1.165, 1.54) is 18.9 Å². The van der Waals surface area contributed by atoms with Crippen molar-refractivity contribution in [2.75, 3.05) is 14.2 Å². The fourth-order valence-corrected chi connectivity index (χ4v) is 4.01. The zero-order chi connectivity index (χ0) is 26.4. The maximum atomic E-state index is 13.4. The van der Waals surface area contributed by atoms with Crippen LogP contribution in [0, 0.1) is 0 Å². The molecule has 0 aliphatic heterocycles. The number of carbonyl (C=O) groups is 1. The third kappa shape index (κ3) is 5.84. The van der Waals surface area contributed by atoms with Crippen molar-refractivity contribution in [2.45, 2.75) is 45.6 Å². The van der Waals surface area contributed by atoms with Gasteiger partial charge in [0.15, 0.2) is 17.6 Å². The van der Waals surface area contributed by atoms with E-state index in [4.69, 9.17) is 19.2 Å². The van der Waals surface area contributed by atoms with E-state index in [1.54, 1.807) is 31.3 Å². The Hall–Kier alpha value is -3.46. The fraction of sp³-hybridized carbons (Fsp3) is 0.333. The summed E-state index contributed by atoms with van der Waals surface area (Å²) in [6.07, 6.45) is 3.74. The molecule has 0 radical (unpaired) electrons. The topological polar surface area (TPSA) is 92.0 Å². The Kier molecular flexibility index (Phi) is 9.03. The summed E-state index contributed by atoms with van der Waals surface area (Å²) in [6.45, 7) is 9.47. The number of ether oxygens (including phenoxy) is 3. The summed E-state index contributed by atoms with van der Waals surface area (Å²) < 4.78 is 18.3. The zero-order valence-corrected chi connectivity index (χ0v) is 22.7. The Labute approximate surface area is 218 Å². The smallest absolute Gasteiger partial charge is 0.346 e. The van der Waals surface area contributed by atoms with E-state index in [1.807, 2.05) is 32.0 Å². The summed E-state index contributed by atoms with van der Waals surface area (Å²) in [5.74, 6) is 0.937. The average molecular weight is 556 g/mol. The molecule has 0 unspecified atom stereocenters. The van der Waals surface area contributed by atoms with Gasteiger partial charge in [0.1, 0.15) is 5.82 Å². The van der Waals surface area contributed by atoms with Crippen LogP contribution in [0.3, 0.4) is 0 Å². The molecular weight excluding hydrogens is 526 g/mol. The highest BCUT2D eigenvalue weighted by molar-refractivity contribution is 9.10. The molecule has 36 heavy (non-hydrogen) atoms. The van der Waals surface area contributed by atoms with Gasteiger partial charge in [-0.25, -0.2) is 9.78 Å². The van der Waals surface area contributed by atoms with Gasteiger partial charge in [-0.3, -0.25) is 4.79 Å². The molecule has 0 aliphatic rings. The van der Waals surface area contributed by atoms with Crippen molar-refractivity contribution in [1.82, 2.24) is 9.66 Å². The first-order chi connectivity index (χ1) is 17.2. The van der Waals surface area contributed by atoms with Gasteiger partial charge in [-0.1, -0.05) is 35.9 Å². The molecule has 3 aromatic rings. The molecule has 0 spiro atoms. The van der Waals surface area contributed by atoms with Gasteiger partial charge in [0.25, 0.3) is 5.56 Å². The van der Waals surface area contributed by atoms with Crippen LogP contribution < -0.4 is 15.0 Å². The van der Waals surface area contributed by atoms with Crippen molar-refractivity contribution in [2.24, 2.45) is 5.10 Å². The molecule has 1 aromatic heterocycles. The number of allylic oxidation sites excluding steroid dienone is 1. The summed E-state index contributed by atoms with van der Waals surface area (Å²) >= 11 is 3.43. The van der Waals surface area contributed by atoms with E-state index >= 15 is 0 Å². The van der Waals surface area contributed by atoms with Crippen molar-refractivity contribution in [3.05, 3.63) is 74.8 Å². The molecule has 190 valence electrons. The van der Waals surface area contributed by atoms with E-state index in [0.29, 0.717) is 40.2 Å². The molecule has 9 heteroatoms. The minimum atomic E-state index is -0.827. The number of esters is 1. The number of halogens is 1. The van der Waals surface area contributed by atoms with Gasteiger partial charge in [-0.15, -0.1) is 6.58 Å². The fourth-order valence-electron chi connectivity index (χ4n) is 3.64. The van der Waals surface area contributed by atoms with E-state index in [-0.39, 0.29) is 11.5 Å². The van der Waals surface area contributed by atoms with Gasteiger partial charge >= 0.3 is 5.97 Å². The van der Waals surface area contributed by atoms with E-state index in [9.17, 15) is 9.59 Å². The summed E-state index contributed by atoms with van der Waals surface area (Å²) in [5, 5.41) is 5.01. The third-order valence-corrected chi connectivity index (χ3v) is 6.27. The number of nitrogens with zero attached hydrogens (tertiary/aromatic N) is 3. The van der Waals surface area contributed by atoms with Crippen molar-refractivity contribution < 1.29 is 19.0 Å². The minimum absolute atomic E-state index is 0.0179. The van der Waals surface area contributed by atoms with E-state index in [2.05, 4.69) is 27.6 Å². The molecule has 0 bridgehead atoms. The number of carbonyl (C=O) groups excluding carboxylic acids is 1. The van der Waals surface area contributed by atoms with E-state index in [0.717, 1.165) is 16.5 Å². The number of methoxy groups -OCH3 is 2. The van der Waals surface area contributed by atoms with Gasteiger partial charge in [-0.2, -0.15) is 9.78 Å². The number of hydrogen-bond acceptors (Lipinski definition) is 7. The van der Waals surface area contributed by atoms with Crippen LogP contribution in [-0.2, 0) is 16.0 Å². The second kappa shape index (κ2) is 12.0. The van der Waals surface area contributed by atoms with Gasteiger partial charge in [-0.05, 0) is 55.7 Å². The van der Waals surface area contributed by atoms with Gasteiger partial charge in [0, 0.05) is 16.0 Å². The lowest BCUT2D eigenvalue weighted by Gasteiger charge is -2.19. The first-order valence-electron chi connectivity index (χ1n) is 11.6. The number of fused-ring (bicyclic) bond motifs is 1. The first-order valence-corrected chi connectivity index (χ1v) is 12.4. The molecule has 0 amide bonds. The molecule has 2 aromatic carbocycles. The lowest BCUT2D eigenvalue weighted by atomic mass is 10.1. The monoisotopic (exact) mass is 555 g/mol. The highest BCUT2D eigenvalue weighted by Crippen LogP contribution is 2.34. The van der Waals surface area contributed by atoms with Crippen LogP contribution >= 0.6 is 15.9 Å². The molecule has 0 fully saturated rings. The summed E-state index contributed by atoms with van der Waals surface area (Å²) in [5.41, 5.74) is 1.80. The molecule has 3 rings (SSSR count). The van der Waals surface area contributed by atoms with Crippen molar-refractivity contribution >= 4 is 39.0 Å². The molecule has 0 saturated heterocycles. The average Bonchev–Trinajstić information content (AvgIpc) is 2.88. The first kappa shape index (κ1) is 27.1. The quantitative estimate of drug-likeness (QED) is 0.193. The maximum absolute atomic E-state index is 13.4. The normalized spacial score (nSPS) is 12.9. The van der Waals surface area contributed by atoms with Crippen LogP contribution in [0.1, 0.15) is 50.1 Å². The molecule has 2 atom stereocenters. The van der Waals surface area contributed by atoms with Crippen molar-refractivity contribution in [3.63, 3.8) is 0 Å². The summed E-state index contributed by atoms with van der Waals surface area (Å²) in [6, 6.07) is 9.01. The maximum Gasteiger partial charge on any atom is 0.346 e. The van der Waals surface area contributed by atoms with Gasteiger partial charge in [0.2, 0.25) is 0 Å². The van der Waals surface area contributed by atoms with Gasteiger partial charge < -0.3 is 14.2 Å². The predicted octanol–water partition coefficient (Wildman–Crippen LogP) is 5.23. The number of rotatable bonds is 10. The molecule has 1 heterocycles. The second-order valence-electron chi connectivity index (χ2n) is 8.29. The summed E-state index contributed by atoms with van der Waals surface area (Å²) in [7, 11) is 2.82. The standard InChI is InChI=1S/C27H30BrN3O5/c1-7-9-19-12-18(13-23(34-5)24(19)36-17(4)27(33)35-6)15-29-31-25(16(3)8-2)30-22-11-10-20(28)14-21(22)26(31)32/h7,10-17H,1,8-9H2,2-6H3/t16-,17+/m1/s1. The lowest BCUT2D eigenvalue weighted by Crippen LogP contribution is -2.25. The van der Waals surface area contributed by atoms with Crippen LogP contribution in [0.5, 0.6) is 11.5 Å². The third-order valence-electron chi connectivity index (χ3n) is 5.77.